The molecular formula is C26H29NO2. The molecule has 0 unspecified atom stereocenters. The maximum atomic E-state index is 12.8. The Morgan fingerprint density at radius 3 is 2.45 bits per heavy atom. The van der Waals surface area contributed by atoms with Crippen molar-refractivity contribution in [2.75, 3.05) is 0 Å². The van der Waals surface area contributed by atoms with Crippen LogP contribution in [0.2, 0.25) is 0 Å². The number of ether oxygens (including phenoxy) is 1. The molecule has 150 valence electrons. The minimum atomic E-state index is -0.123. The van der Waals surface area contributed by atoms with Gasteiger partial charge in [0.05, 0.1) is 17.6 Å². The van der Waals surface area contributed by atoms with Crippen molar-refractivity contribution in [2.45, 2.75) is 51.9 Å². The molecule has 0 spiro atoms. The fourth-order valence-corrected chi connectivity index (χ4v) is 3.98. The van der Waals surface area contributed by atoms with Gasteiger partial charge in [-0.05, 0) is 74.6 Å². The summed E-state index contributed by atoms with van der Waals surface area (Å²) in [6.45, 7) is 6.26. The highest BCUT2D eigenvalue weighted by atomic mass is 16.5. The molecule has 3 rings (SSSR count). The Labute approximate surface area is 174 Å². The third-order valence-electron chi connectivity index (χ3n) is 6.01. The largest absolute Gasteiger partial charge is 0.426 e. The average Bonchev–Trinajstić information content (AvgIpc) is 2.78. The molecule has 3 nitrogen and oxygen atoms in total. The fourth-order valence-electron chi connectivity index (χ4n) is 3.98. The van der Waals surface area contributed by atoms with Crippen LogP contribution in [0.4, 0.5) is 0 Å². The second-order valence-corrected chi connectivity index (χ2v) is 7.97. The predicted molar refractivity (Wildman–Crippen MR) is 116 cm³/mol. The van der Waals surface area contributed by atoms with E-state index in [9.17, 15) is 4.79 Å². The van der Waals surface area contributed by atoms with Gasteiger partial charge in [0.15, 0.2) is 0 Å². The van der Waals surface area contributed by atoms with Crippen molar-refractivity contribution in [2.24, 2.45) is 11.8 Å². The van der Waals surface area contributed by atoms with Crippen LogP contribution in [0.15, 0.2) is 60.7 Å². The van der Waals surface area contributed by atoms with Gasteiger partial charge < -0.3 is 4.74 Å². The number of allylic oxidation sites excluding steroid dienone is 1. The first kappa shape index (κ1) is 20.9. The van der Waals surface area contributed by atoms with Crippen LogP contribution in [0.3, 0.4) is 0 Å². The van der Waals surface area contributed by atoms with Crippen molar-refractivity contribution in [3.8, 4) is 22.9 Å². The summed E-state index contributed by atoms with van der Waals surface area (Å²) < 4.78 is 5.83. The van der Waals surface area contributed by atoms with Gasteiger partial charge in [0.25, 0.3) is 0 Å². The average molecular weight is 388 g/mol. The Bertz CT molecular complexity index is 884. The lowest BCUT2D eigenvalue weighted by Crippen LogP contribution is -2.26. The summed E-state index contributed by atoms with van der Waals surface area (Å²) >= 11 is 0. The molecule has 2 aromatic rings. The Balaban J connectivity index is 1.60. The molecule has 0 N–H and O–H groups in total. The zero-order valence-electron chi connectivity index (χ0n) is 17.2. The Hall–Kier alpha value is -2.86. The number of nitriles is 1. The normalized spacial score (nSPS) is 18.6. The van der Waals surface area contributed by atoms with Gasteiger partial charge in [-0.1, -0.05) is 49.4 Å². The van der Waals surface area contributed by atoms with Crippen LogP contribution < -0.4 is 4.74 Å². The van der Waals surface area contributed by atoms with Crippen molar-refractivity contribution < 1.29 is 9.53 Å². The number of para-hydroxylation sites is 1. The summed E-state index contributed by atoms with van der Waals surface area (Å²) in [7, 11) is 0. The fraction of sp³-hybridized carbons (Fsp3) is 0.385. The first-order valence-corrected chi connectivity index (χ1v) is 10.6. The molecule has 3 heteroatoms. The molecule has 0 aromatic heterocycles. The quantitative estimate of drug-likeness (QED) is 0.302. The molecule has 1 aliphatic carbocycles. The minimum Gasteiger partial charge on any atom is -0.426 e. The van der Waals surface area contributed by atoms with Crippen molar-refractivity contribution in [3.05, 3.63) is 66.2 Å². The molecular weight excluding hydrogens is 358 g/mol. The van der Waals surface area contributed by atoms with Crippen LogP contribution in [-0.2, 0) is 4.79 Å². The standard InChI is InChI=1S/C26H29NO2/c1-3-19(2)8-9-20-10-16-23(17-11-20)26(28)29-25-7-5-4-6-24(25)22-14-12-21(18-27)13-15-22/h4-7,12-15,20,23H,2-3,8-11,16-17H2,1H3. The molecule has 1 fully saturated rings. The number of rotatable bonds is 7. The summed E-state index contributed by atoms with van der Waals surface area (Å²) in [6.07, 6.45) is 7.34. The van der Waals surface area contributed by atoms with Crippen molar-refractivity contribution in [3.63, 3.8) is 0 Å². The lowest BCUT2D eigenvalue weighted by molar-refractivity contribution is -0.140. The first-order chi connectivity index (χ1) is 14.1. The first-order valence-electron chi connectivity index (χ1n) is 10.6. The lowest BCUT2D eigenvalue weighted by Gasteiger charge is -2.27. The van der Waals surface area contributed by atoms with Gasteiger partial charge in [0, 0.05) is 5.56 Å². The lowest BCUT2D eigenvalue weighted by atomic mass is 9.79. The Morgan fingerprint density at radius 1 is 1.10 bits per heavy atom. The van der Waals surface area contributed by atoms with Crippen LogP contribution in [0.5, 0.6) is 5.75 Å². The van der Waals surface area contributed by atoms with Gasteiger partial charge >= 0.3 is 5.97 Å². The van der Waals surface area contributed by atoms with Crippen molar-refractivity contribution in [1.82, 2.24) is 0 Å². The number of benzene rings is 2. The number of nitrogens with zero attached hydrogens (tertiary/aromatic N) is 1. The molecule has 0 atom stereocenters. The number of carbonyl (C=O) groups is 1. The van der Waals surface area contributed by atoms with Gasteiger partial charge in [-0.15, -0.1) is 0 Å². The van der Waals surface area contributed by atoms with Gasteiger partial charge in [-0.2, -0.15) is 5.26 Å². The van der Waals surface area contributed by atoms with Crippen LogP contribution in [0.25, 0.3) is 11.1 Å². The zero-order valence-corrected chi connectivity index (χ0v) is 17.2. The zero-order chi connectivity index (χ0) is 20.6. The second kappa shape index (κ2) is 10.1. The molecule has 0 saturated heterocycles. The van der Waals surface area contributed by atoms with Crippen LogP contribution in [0.1, 0.15) is 57.4 Å². The summed E-state index contributed by atoms with van der Waals surface area (Å²) in [6, 6.07) is 17.1. The van der Waals surface area contributed by atoms with E-state index in [1.54, 1.807) is 12.1 Å². The Morgan fingerprint density at radius 2 is 1.79 bits per heavy atom. The van der Waals surface area contributed by atoms with Crippen LogP contribution in [-0.4, -0.2) is 5.97 Å². The maximum absolute atomic E-state index is 12.8. The predicted octanol–water partition coefficient (Wildman–Crippen LogP) is 6.68. The number of esters is 1. The van der Waals surface area contributed by atoms with Gasteiger partial charge in [-0.3, -0.25) is 4.79 Å². The third-order valence-corrected chi connectivity index (χ3v) is 6.01. The highest BCUT2D eigenvalue weighted by Gasteiger charge is 2.28. The summed E-state index contributed by atoms with van der Waals surface area (Å²) in [5.74, 6) is 1.15. The van der Waals surface area contributed by atoms with E-state index in [2.05, 4.69) is 19.6 Å². The van der Waals surface area contributed by atoms with E-state index in [4.69, 9.17) is 10.00 Å². The maximum Gasteiger partial charge on any atom is 0.314 e. The van der Waals surface area contributed by atoms with Gasteiger partial charge in [0.1, 0.15) is 5.75 Å². The van der Waals surface area contributed by atoms with E-state index in [0.717, 1.165) is 49.7 Å². The number of hydrogen-bond acceptors (Lipinski definition) is 3. The highest BCUT2D eigenvalue weighted by molar-refractivity contribution is 5.79. The summed E-state index contributed by atoms with van der Waals surface area (Å²) in [5.41, 5.74) is 3.75. The molecule has 2 aromatic carbocycles. The number of hydrogen-bond donors (Lipinski definition) is 0. The van der Waals surface area contributed by atoms with Crippen LogP contribution in [0, 0.1) is 23.2 Å². The minimum absolute atomic E-state index is 0.0188. The molecule has 1 aliphatic rings. The van der Waals surface area contributed by atoms with E-state index < -0.39 is 0 Å². The second-order valence-electron chi connectivity index (χ2n) is 7.97. The van der Waals surface area contributed by atoms with Crippen LogP contribution >= 0.6 is 0 Å². The van der Waals surface area contributed by atoms with E-state index in [1.165, 1.54) is 12.0 Å². The highest BCUT2D eigenvalue weighted by Crippen LogP contribution is 2.35. The van der Waals surface area contributed by atoms with Crippen molar-refractivity contribution >= 4 is 5.97 Å². The van der Waals surface area contributed by atoms with E-state index in [-0.39, 0.29) is 11.9 Å². The monoisotopic (exact) mass is 387 g/mol. The SMILES string of the molecule is C=C(CC)CCC1CCC(C(=O)Oc2ccccc2-c2ccc(C#N)cc2)CC1. The molecule has 0 radical (unpaired) electrons. The topological polar surface area (TPSA) is 50.1 Å². The van der Waals surface area contributed by atoms with Gasteiger partial charge in [-0.25, -0.2) is 0 Å². The molecule has 0 amide bonds. The molecule has 0 heterocycles. The van der Waals surface area contributed by atoms with E-state index in [1.807, 2.05) is 36.4 Å². The molecule has 0 aliphatic heterocycles. The Kier molecular flexibility index (Phi) is 7.25. The van der Waals surface area contributed by atoms with Crippen molar-refractivity contribution in [1.29, 1.82) is 5.26 Å². The van der Waals surface area contributed by atoms with Gasteiger partial charge in [0.2, 0.25) is 0 Å². The smallest absolute Gasteiger partial charge is 0.314 e. The third kappa shape index (κ3) is 5.57. The summed E-state index contributed by atoms with van der Waals surface area (Å²) in [5, 5.41) is 8.99. The number of carbonyl (C=O) groups excluding carboxylic acids is 1. The molecule has 1 saturated carbocycles. The molecule has 29 heavy (non-hydrogen) atoms. The van der Waals surface area contributed by atoms with E-state index >= 15 is 0 Å². The summed E-state index contributed by atoms with van der Waals surface area (Å²) in [4.78, 5) is 12.8. The molecule has 0 bridgehead atoms. The van der Waals surface area contributed by atoms with E-state index in [0.29, 0.717) is 17.2 Å².